The van der Waals surface area contributed by atoms with Crippen molar-refractivity contribution in [3.63, 3.8) is 0 Å². The molecule has 22 heavy (non-hydrogen) atoms. The largest absolute Gasteiger partial charge is 0.392 e. The Morgan fingerprint density at radius 1 is 1.27 bits per heavy atom. The quantitative estimate of drug-likeness (QED) is 0.754. The van der Waals surface area contributed by atoms with E-state index in [0.29, 0.717) is 17.4 Å². The number of hydrogen-bond acceptors (Lipinski definition) is 5. The first-order valence-corrected chi connectivity index (χ1v) is 8.24. The molecule has 1 unspecified atom stereocenters. The fraction of sp³-hybridized carbons (Fsp3) is 0.250. The number of rotatable bonds is 4. The zero-order valence-electron chi connectivity index (χ0n) is 12.3. The lowest BCUT2D eigenvalue weighted by atomic mass is 10.1. The highest BCUT2D eigenvalue weighted by molar-refractivity contribution is 7.17. The monoisotopic (exact) mass is 333 g/mol. The number of anilines is 1. The first kappa shape index (κ1) is 15.2. The summed E-state index contributed by atoms with van der Waals surface area (Å²) in [7, 11) is 0. The van der Waals surface area contributed by atoms with Crippen LogP contribution in [0.3, 0.4) is 0 Å². The lowest BCUT2D eigenvalue weighted by molar-refractivity contribution is 0.208. The average Bonchev–Trinajstić information content (AvgIpc) is 2.89. The Bertz CT molecular complexity index is 799. The number of hydrogen-bond donors (Lipinski definition) is 2. The normalized spacial score (nSPS) is 12.5. The summed E-state index contributed by atoms with van der Waals surface area (Å²) in [5.41, 5.74) is 2.15. The van der Waals surface area contributed by atoms with E-state index in [2.05, 4.69) is 20.7 Å². The van der Waals surface area contributed by atoms with Gasteiger partial charge in [0.2, 0.25) is 0 Å². The summed E-state index contributed by atoms with van der Waals surface area (Å²) in [6.45, 7) is 4.06. The van der Waals surface area contributed by atoms with E-state index in [4.69, 9.17) is 11.6 Å². The molecule has 0 saturated heterocycles. The fourth-order valence-corrected chi connectivity index (χ4v) is 3.38. The molecule has 0 fully saturated rings. The first-order valence-electron chi connectivity index (χ1n) is 6.98. The Balaban J connectivity index is 2.13. The second kappa shape index (κ2) is 6.20. The summed E-state index contributed by atoms with van der Waals surface area (Å²) in [6.07, 6.45) is -0.442. The summed E-state index contributed by atoms with van der Waals surface area (Å²) in [5, 5.41) is 16.5. The van der Waals surface area contributed by atoms with Crippen LogP contribution in [0.25, 0.3) is 21.3 Å². The number of halogens is 1. The number of aliphatic hydroxyl groups is 1. The van der Waals surface area contributed by atoms with E-state index in [0.717, 1.165) is 27.2 Å². The molecule has 0 radical (unpaired) electrons. The third kappa shape index (κ3) is 3.06. The second-order valence-corrected chi connectivity index (χ2v) is 6.48. The number of thiophene rings is 1. The van der Waals surface area contributed by atoms with E-state index >= 15 is 0 Å². The first-order chi connectivity index (χ1) is 10.5. The van der Waals surface area contributed by atoms with Crippen LogP contribution in [0.1, 0.15) is 12.7 Å². The van der Waals surface area contributed by atoms with Crippen molar-refractivity contribution in [3.8, 4) is 11.1 Å². The van der Waals surface area contributed by atoms with Gasteiger partial charge in [0.1, 0.15) is 16.5 Å². The van der Waals surface area contributed by atoms with Crippen LogP contribution in [0, 0.1) is 6.92 Å². The van der Waals surface area contributed by atoms with Gasteiger partial charge in [-0.15, -0.1) is 11.3 Å². The number of nitrogens with one attached hydrogen (secondary N) is 1. The molecule has 2 aromatic heterocycles. The fourth-order valence-electron chi connectivity index (χ4n) is 2.26. The molecule has 3 rings (SSSR count). The lowest BCUT2D eigenvalue weighted by Gasteiger charge is -2.11. The zero-order valence-corrected chi connectivity index (χ0v) is 13.9. The topological polar surface area (TPSA) is 58.0 Å². The summed E-state index contributed by atoms with van der Waals surface area (Å²) in [5.74, 6) is 1.47. The van der Waals surface area contributed by atoms with Crippen molar-refractivity contribution in [2.45, 2.75) is 20.0 Å². The maximum atomic E-state index is 9.50. The molecule has 2 heterocycles. The van der Waals surface area contributed by atoms with Crippen molar-refractivity contribution in [1.82, 2.24) is 9.97 Å². The zero-order chi connectivity index (χ0) is 15.7. The molecular weight excluding hydrogens is 318 g/mol. The molecule has 0 aliphatic heterocycles. The molecule has 6 heteroatoms. The highest BCUT2D eigenvalue weighted by Gasteiger charge is 2.14. The van der Waals surface area contributed by atoms with Crippen LogP contribution in [-0.4, -0.2) is 27.7 Å². The van der Waals surface area contributed by atoms with Crippen molar-refractivity contribution in [2.24, 2.45) is 0 Å². The number of nitrogens with zero attached hydrogens (tertiary/aromatic N) is 2. The standard InChI is InChI=1S/C16H16ClN3OS/c1-9(21)7-18-15-14-13(11-3-5-12(17)6-4-11)8-22-16(14)20-10(2)19-15/h3-6,8-9,21H,7H2,1-2H3,(H,18,19,20). The molecule has 1 atom stereocenters. The van der Waals surface area contributed by atoms with Crippen LogP contribution < -0.4 is 5.32 Å². The Hall–Kier alpha value is -1.69. The number of benzene rings is 1. The van der Waals surface area contributed by atoms with E-state index in [-0.39, 0.29) is 0 Å². The molecular formula is C16H16ClN3OS. The van der Waals surface area contributed by atoms with Crippen LogP contribution in [0.5, 0.6) is 0 Å². The van der Waals surface area contributed by atoms with E-state index in [1.54, 1.807) is 18.3 Å². The Morgan fingerprint density at radius 3 is 2.68 bits per heavy atom. The predicted molar refractivity (Wildman–Crippen MR) is 92.8 cm³/mol. The molecule has 0 saturated carbocycles. The average molecular weight is 334 g/mol. The van der Waals surface area contributed by atoms with Gasteiger partial charge >= 0.3 is 0 Å². The Labute approximate surface area is 137 Å². The summed E-state index contributed by atoms with van der Waals surface area (Å²) >= 11 is 7.55. The van der Waals surface area contributed by atoms with Gasteiger partial charge in [-0.1, -0.05) is 23.7 Å². The van der Waals surface area contributed by atoms with Crippen molar-refractivity contribution >= 4 is 39.0 Å². The third-order valence-corrected chi connectivity index (χ3v) is 4.39. The van der Waals surface area contributed by atoms with E-state index < -0.39 is 6.10 Å². The van der Waals surface area contributed by atoms with Crippen molar-refractivity contribution in [1.29, 1.82) is 0 Å². The Morgan fingerprint density at radius 2 is 2.00 bits per heavy atom. The van der Waals surface area contributed by atoms with Gasteiger partial charge in [-0.25, -0.2) is 9.97 Å². The molecule has 4 nitrogen and oxygen atoms in total. The molecule has 2 N–H and O–H groups in total. The summed E-state index contributed by atoms with van der Waals surface area (Å²) in [4.78, 5) is 9.94. The van der Waals surface area contributed by atoms with Crippen molar-refractivity contribution in [2.75, 3.05) is 11.9 Å². The second-order valence-electron chi connectivity index (χ2n) is 5.19. The van der Waals surface area contributed by atoms with Gasteiger partial charge in [0.05, 0.1) is 11.5 Å². The van der Waals surface area contributed by atoms with E-state index in [1.807, 2.05) is 31.2 Å². The lowest BCUT2D eigenvalue weighted by Crippen LogP contribution is -2.16. The highest BCUT2D eigenvalue weighted by Crippen LogP contribution is 2.37. The van der Waals surface area contributed by atoms with Crippen molar-refractivity contribution in [3.05, 3.63) is 40.5 Å². The smallest absolute Gasteiger partial charge is 0.139 e. The molecule has 1 aromatic carbocycles. The van der Waals surface area contributed by atoms with Gasteiger partial charge in [0.15, 0.2) is 0 Å². The molecule has 0 spiro atoms. The van der Waals surface area contributed by atoms with Gasteiger partial charge in [-0.2, -0.15) is 0 Å². The van der Waals surface area contributed by atoms with Crippen LogP contribution in [0.4, 0.5) is 5.82 Å². The van der Waals surface area contributed by atoms with Crippen LogP contribution in [-0.2, 0) is 0 Å². The molecule has 114 valence electrons. The van der Waals surface area contributed by atoms with Crippen LogP contribution >= 0.6 is 22.9 Å². The third-order valence-electron chi connectivity index (χ3n) is 3.27. The minimum absolute atomic E-state index is 0.442. The minimum atomic E-state index is -0.442. The van der Waals surface area contributed by atoms with Gasteiger partial charge in [-0.3, -0.25) is 0 Å². The van der Waals surface area contributed by atoms with E-state index in [9.17, 15) is 5.11 Å². The van der Waals surface area contributed by atoms with Crippen LogP contribution in [0.2, 0.25) is 5.02 Å². The summed E-state index contributed by atoms with van der Waals surface area (Å²) in [6, 6.07) is 7.72. The molecule has 0 amide bonds. The minimum Gasteiger partial charge on any atom is -0.392 e. The van der Waals surface area contributed by atoms with Gasteiger partial charge in [-0.05, 0) is 31.5 Å². The maximum absolute atomic E-state index is 9.50. The molecule has 0 aliphatic rings. The molecule has 0 aliphatic carbocycles. The van der Waals surface area contributed by atoms with Gasteiger partial charge in [0.25, 0.3) is 0 Å². The van der Waals surface area contributed by atoms with Crippen molar-refractivity contribution < 1.29 is 5.11 Å². The molecule has 3 aromatic rings. The number of aromatic nitrogens is 2. The highest BCUT2D eigenvalue weighted by atomic mass is 35.5. The predicted octanol–water partition coefficient (Wildman–Crippen LogP) is 4.11. The summed E-state index contributed by atoms with van der Waals surface area (Å²) < 4.78 is 0. The number of aryl methyl sites for hydroxylation is 1. The number of aliphatic hydroxyl groups excluding tert-OH is 1. The van der Waals surface area contributed by atoms with E-state index in [1.165, 1.54) is 0 Å². The van der Waals surface area contributed by atoms with Gasteiger partial charge in [0, 0.05) is 22.5 Å². The molecule has 0 bridgehead atoms. The number of fused-ring (bicyclic) bond motifs is 1. The maximum Gasteiger partial charge on any atom is 0.139 e. The van der Waals surface area contributed by atoms with Crippen LogP contribution in [0.15, 0.2) is 29.6 Å². The van der Waals surface area contributed by atoms with Gasteiger partial charge < -0.3 is 10.4 Å². The SMILES string of the molecule is Cc1nc(NCC(C)O)c2c(-c3ccc(Cl)cc3)csc2n1. The Kier molecular flexibility index (Phi) is 4.29.